The summed E-state index contributed by atoms with van der Waals surface area (Å²) in [7, 11) is 4.27. The highest BCUT2D eigenvalue weighted by molar-refractivity contribution is 7.10. The van der Waals surface area contributed by atoms with Gasteiger partial charge in [-0.25, -0.2) is 0 Å². The van der Waals surface area contributed by atoms with Crippen LogP contribution in [0.15, 0.2) is 17.5 Å². The van der Waals surface area contributed by atoms with Gasteiger partial charge in [0.15, 0.2) is 0 Å². The molecule has 2 saturated carbocycles. The van der Waals surface area contributed by atoms with E-state index in [1.807, 2.05) is 11.3 Å². The van der Waals surface area contributed by atoms with Gasteiger partial charge in [0, 0.05) is 16.9 Å². The van der Waals surface area contributed by atoms with Crippen molar-refractivity contribution in [2.45, 2.75) is 52.1 Å². The molecular formula is C19H31NOS. The predicted molar refractivity (Wildman–Crippen MR) is 94.3 cm³/mol. The third kappa shape index (κ3) is 2.20. The smallest absolute Gasteiger partial charge is 0.108 e. The summed E-state index contributed by atoms with van der Waals surface area (Å²) in [6.45, 7) is 9.41. The molecule has 3 unspecified atom stereocenters. The Bertz CT molecular complexity index is 510. The Kier molecular flexibility index (Phi) is 4.20. The summed E-state index contributed by atoms with van der Waals surface area (Å²) in [5.41, 5.74) is 0.575. The Morgan fingerprint density at radius 1 is 1.32 bits per heavy atom. The van der Waals surface area contributed by atoms with E-state index in [2.05, 4.69) is 57.3 Å². The minimum absolute atomic E-state index is 0.0557. The normalized spacial score (nSPS) is 36.4. The molecule has 3 atom stereocenters. The van der Waals surface area contributed by atoms with E-state index in [1.54, 1.807) is 0 Å². The van der Waals surface area contributed by atoms with Gasteiger partial charge in [-0.2, -0.15) is 0 Å². The van der Waals surface area contributed by atoms with Crippen LogP contribution in [-0.2, 0) is 10.3 Å². The van der Waals surface area contributed by atoms with Crippen LogP contribution < -0.4 is 0 Å². The molecule has 0 N–H and O–H groups in total. The van der Waals surface area contributed by atoms with Gasteiger partial charge >= 0.3 is 0 Å². The van der Waals surface area contributed by atoms with Crippen molar-refractivity contribution in [2.75, 3.05) is 27.2 Å². The van der Waals surface area contributed by atoms with Gasteiger partial charge < -0.3 is 9.64 Å². The lowest BCUT2D eigenvalue weighted by Gasteiger charge is -2.48. The van der Waals surface area contributed by atoms with Crippen LogP contribution >= 0.6 is 11.3 Å². The van der Waals surface area contributed by atoms with Crippen molar-refractivity contribution in [3.63, 3.8) is 0 Å². The first-order chi connectivity index (χ1) is 10.3. The number of hydrogen-bond donors (Lipinski definition) is 0. The molecule has 3 rings (SSSR count). The van der Waals surface area contributed by atoms with Crippen molar-refractivity contribution in [1.29, 1.82) is 0 Å². The van der Waals surface area contributed by atoms with Gasteiger partial charge in [-0.3, -0.25) is 0 Å². The van der Waals surface area contributed by atoms with E-state index in [4.69, 9.17) is 4.74 Å². The van der Waals surface area contributed by atoms with Gasteiger partial charge in [-0.1, -0.05) is 26.8 Å². The quantitative estimate of drug-likeness (QED) is 0.701. The van der Waals surface area contributed by atoms with Crippen LogP contribution in [0.4, 0.5) is 0 Å². The Morgan fingerprint density at radius 3 is 2.59 bits per heavy atom. The standard InChI is InChI=1S/C19H31NOS/c1-17(2)15-9-10-18(17,3)19(14-15,16-8-6-13-22-16)21-12-7-11-20(4)5/h6,8,13,15H,7,9-12,14H2,1-5H3. The highest BCUT2D eigenvalue weighted by atomic mass is 32.1. The van der Waals surface area contributed by atoms with Crippen LogP contribution in [0, 0.1) is 16.7 Å². The topological polar surface area (TPSA) is 12.5 Å². The summed E-state index contributed by atoms with van der Waals surface area (Å²) in [5, 5.41) is 2.21. The summed E-state index contributed by atoms with van der Waals surface area (Å²) in [6.07, 6.45) is 4.99. The van der Waals surface area contributed by atoms with Crippen LogP contribution in [0.5, 0.6) is 0 Å². The first kappa shape index (κ1) is 16.5. The molecule has 0 amide bonds. The second-order valence-corrected chi connectivity index (χ2v) is 9.25. The van der Waals surface area contributed by atoms with Crippen molar-refractivity contribution in [1.82, 2.24) is 4.90 Å². The maximum atomic E-state index is 6.74. The molecule has 0 aromatic carbocycles. The molecule has 2 fully saturated rings. The van der Waals surface area contributed by atoms with Crippen LogP contribution in [0.25, 0.3) is 0 Å². The molecule has 2 aliphatic rings. The van der Waals surface area contributed by atoms with Crippen LogP contribution in [0.1, 0.15) is 51.3 Å². The molecule has 2 nitrogen and oxygen atoms in total. The average Bonchev–Trinajstić information content (AvgIpc) is 3.09. The monoisotopic (exact) mass is 321 g/mol. The lowest BCUT2D eigenvalue weighted by atomic mass is 9.64. The summed E-state index contributed by atoms with van der Waals surface area (Å²) >= 11 is 1.89. The van der Waals surface area contributed by atoms with Gasteiger partial charge in [-0.05, 0) is 69.1 Å². The summed E-state index contributed by atoms with van der Waals surface area (Å²) < 4.78 is 6.74. The number of ether oxygens (including phenoxy) is 1. The largest absolute Gasteiger partial charge is 0.369 e. The van der Waals surface area contributed by atoms with Gasteiger partial charge in [0.1, 0.15) is 5.60 Å². The van der Waals surface area contributed by atoms with Gasteiger partial charge in [-0.15, -0.1) is 11.3 Å². The zero-order chi connectivity index (χ0) is 16.0. The Hall–Kier alpha value is -0.380. The molecule has 0 saturated heterocycles. The van der Waals surface area contributed by atoms with Crippen molar-refractivity contribution in [3.05, 3.63) is 22.4 Å². The van der Waals surface area contributed by atoms with Gasteiger partial charge in [0.2, 0.25) is 0 Å². The fraction of sp³-hybridized carbons (Fsp3) is 0.789. The maximum absolute atomic E-state index is 6.74. The molecule has 1 aromatic rings. The minimum atomic E-state index is -0.0557. The van der Waals surface area contributed by atoms with E-state index in [-0.39, 0.29) is 11.0 Å². The summed E-state index contributed by atoms with van der Waals surface area (Å²) in [6, 6.07) is 4.49. The number of nitrogens with zero attached hydrogens (tertiary/aromatic N) is 1. The zero-order valence-electron chi connectivity index (χ0n) is 14.8. The number of hydrogen-bond acceptors (Lipinski definition) is 3. The van der Waals surface area contributed by atoms with Crippen molar-refractivity contribution >= 4 is 11.3 Å². The number of thiophene rings is 1. The second kappa shape index (κ2) is 5.61. The van der Waals surface area contributed by atoms with Crippen molar-refractivity contribution in [3.8, 4) is 0 Å². The Balaban J connectivity index is 1.87. The minimum Gasteiger partial charge on any atom is -0.369 e. The zero-order valence-corrected chi connectivity index (χ0v) is 15.6. The third-order valence-electron chi connectivity index (χ3n) is 6.88. The second-order valence-electron chi connectivity index (χ2n) is 8.30. The fourth-order valence-electron chi connectivity index (χ4n) is 5.05. The predicted octanol–water partition coefficient (Wildman–Crippen LogP) is 4.76. The molecule has 124 valence electrons. The molecule has 2 aliphatic carbocycles. The molecule has 3 heteroatoms. The van der Waals surface area contributed by atoms with E-state index >= 15 is 0 Å². The molecule has 0 radical (unpaired) electrons. The van der Waals surface area contributed by atoms with Crippen molar-refractivity contribution in [2.24, 2.45) is 16.7 Å². The summed E-state index contributed by atoms with van der Waals surface area (Å²) in [4.78, 5) is 3.70. The van der Waals surface area contributed by atoms with Crippen LogP contribution in [0.3, 0.4) is 0 Å². The van der Waals surface area contributed by atoms with E-state index in [1.165, 1.54) is 24.1 Å². The summed E-state index contributed by atoms with van der Waals surface area (Å²) in [5.74, 6) is 0.799. The molecule has 2 bridgehead atoms. The van der Waals surface area contributed by atoms with E-state index in [9.17, 15) is 0 Å². The molecule has 1 heterocycles. The highest BCUT2D eigenvalue weighted by Gasteiger charge is 2.70. The molecule has 0 spiro atoms. The molecule has 0 aliphatic heterocycles. The van der Waals surface area contributed by atoms with Crippen molar-refractivity contribution < 1.29 is 4.74 Å². The van der Waals surface area contributed by atoms with Crippen LogP contribution in [-0.4, -0.2) is 32.1 Å². The highest BCUT2D eigenvalue weighted by Crippen LogP contribution is 2.74. The lowest BCUT2D eigenvalue weighted by Crippen LogP contribution is -2.46. The van der Waals surface area contributed by atoms with Gasteiger partial charge in [0.05, 0.1) is 0 Å². The van der Waals surface area contributed by atoms with Gasteiger partial charge in [0.25, 0.3) is 0 Å². The lowest BCUT2D eigenvalue weighted by molar-refractivity contribution is -0.145. The average molecular weight is 322 g/mol. The van der Waals surface area contributed by atoms with E-state index in [0.29, 0.717) is 5.41 Å². The fourth-order valence-corrected chi connectivity index (χ4v) is 6.06. The maximum Gasteiger partial charge on any atom is 0.108 e. The third-order valence-corrected chi connectivity index (χ3v) is 7.89. The van der Waals surface area contributed by atoms with E-state index in [0.717, 1.165) is 25.5 Å². The molecule has 1 aromatic heterocycles. The van der Waals surface area contributed by atoms with Crippen LogP contribution in [0.2, 0.25) is 0 Å². The first-order valence-corrected chi connectivity index (χ1v) is 9.54. The first-order valence-electron chi connectivity index (χ1n) is 8.66. The number of fused-ring (bicyclic) bond motifs is 2. The Labute approximate surface area is 139 Å². The Morgan fingerprint density at radius 2 is 2.09 bits per heavy atom. The number of rotatable bonds is 6. The molecular weight excluding hydrogens is 290 g/mol. The molecule has 22 heavy (non-hydrogen) atoms. The van der Waals surface area contributed by atoms with E-state index < -0.39 is 0 Å². The SMILES string of the molecule is CN(C)CCCOC1(c2cccs2)CC2CCC1(C)C2(C)C.